The standard InChI is InChI=1S/C25H25NO4/c1-4-29-22-13-9-8-12-21(22)26-24(27)23(19-10-6-5-7-11-19)30-25(28)20-15-14-17(2)16-18(20)3/h5-16,23H,4H2,1-3H3,(H,26,27)/t23-/m1/s1. The molecule has 0 bridgehead atoms. The lowest BCUT2D eigenvalue weighted by Crippen LogP contribution is -2.26. The zero-order chi connectivity index (χ0) is 21.5. The molecule has 3 aromatic rings. The predicted octanol–water partition coefficient (Wildman–Crippen LogP) is 5.24. The van der Waals surface area contributed by atoms with Crippen molar-refractivity contribution in [1.29, 1.82) is 0 Å². The fourth-order valence-corrected chi connectivity index (χ4v) is 3.16. The van der Waals surface area contributed by atoms with Crippen LogP contribution < -0.4 is 10.1 Å². The highest BCUT2D eigenvalue weighted by atomic mass is 16.5. The van der Waals surface area contributed by atoms with Gasteiger partial charge in [0.1, 0.15) is 5.75 Å². The Bertz CT molecular complexity index is 1030. The molecule has 0 unspecified atom stereocenters. The van der Waals surface area contributed by atoms with Gasteiger partial charge in [-0.05, 0) is 44.5 Å². The molecule has 0 aliphatic rings. The molecule has 5 heteroatoms. The lowest BCUT2D eigenvalue weighted by Gasteiger charge is -2.20. The summed E-state index contributed by atoms with van der Waals surface area (Å²) >= 11 is 0. The van der Waals surface area contributed by atoms with Gasteiger partial charge in [0.05, 0.1) is 17.9 Å². The van der Waals surface area contributed by atoms with E-state index in [-0.39, 0.29) is 0 Å². The monoisotopic (exact) mass is 403 g/mol. The van der Waals surface area contributed by atoms with Gasteiger partial charge in [-0.25, -0.2) is 4.79 Å². The van der Waals surface area contributed by atoms with E-state index in [0.717, 1.165) is 11.1 Å². The lowest BCUT2D eigenvalue weighted by molar-refractivity contribution is -0.125. The van der Waals surface area contributed by atoms with Crippen molar-refractivity contribution in [3.8, 4) is 5.75 Å². The molecule has 154 valence electrons. The van der Waals surface area contributed by atoms with Crippen LogP contribution in [-0.4, -0.2) is 18.5 Å². The molecule has 3 aromatic carbocycles. The molecule has 1 N–H and O–H groups in total. The minimum absolute atomic E-state index is 0.434. The second kappa shape index (κ2) is 9.74. The van der Waals surface area contributed by atoms with Gasteiger partial charge >= 0.3 is 5.97 Å². The summed E-state index contributed by atoms with van der Waals surface area (Å²) in [6, 6.07) is 21.6. The van der Waals surface area contributed by atoms with Crippen LogP contribution >= 0.6 is 0 Å². The predicted molar refractivity (Wildman–Crippen MR) is 117 cm³/mol. The molecule has 0 aliphatic heterocycles. The van der Waals surface area contributed by atoms with Crippen LogP contribution in [0.5, 0.6) is 5.75 Å². The third-order valence-corrected chi connectivity index (χ3v) is 4.61. The molecule has 3 rings (SSSR count). The number of ether oxygens (including phenoxy) is 2. The Hall–Kier alpha value is -3.60. The number of nitrogens with one attached hydrogen (secondary N) is 1. The van der Waals surface area contributed by atoms with Crippen molar-refractivity contribution in [1.82, 2.24) is 0 Å². The van der Waals surface area contributed by atoms with Gasteiger partial charge in [0.25, 0.3) is 5.91 Å². The number of anilines is 1. The van der Waals surface area contributed by atoms with Crippen molar-refractivity contribution in [2.75, 3.05) is 11.9 Å². The minimum atomic E-state index is -1.10. The van der Waals surface area contributed by atoms with Crippen molar-refractivity contribution in [3.05, 3.63) is 95.1 Å². The summed E-state index contributed by atoms with van der Waals surface area (Å²) in [7, 11) is 0. The molecular weight excluding hydrogens is 378 g/mol. The molecule has 0 radical (unpaired) electrons. The van der Waals surface area contributed by atoms with E-state index in [0.29, 0.717) is 29.2 Å². The van der Waals surface area contributed by atoms with E-state index < -0.39 is 18.0 Å². The zero-order valence-electron chi connectivity index (χ0n) is 17.3. The van der Waals surface area contributed by atoms with Crippen LogP contribution in [0.3, 0.4) is 0 Å². The Labute approximate surface area is 176 Å². The molecular formula is C25H25NO4. The van der Waals surface area contributed by atoms with E-state index in [4.69, 9.17) is 9.47 Å². The summed E-state index contributed by atoms with van der Waals surface area (Å²) in [5, 5.41) is 2.83. The molecule has 0 spiro atoms. The van der Waals surface area contributed by atoms with E-state index in [2.05, 4.69) is 5.32 Å². The summed E-state index contributed by atoms with van der Waals surface area (Å²) in [4.78, 5) is 26.0. The quantitative estimate of drug-likeness (QED) is 0.548. The molecule has 0 heterocycles. The first kappa shape index (κ1) is 21.1. The fraction of sp³-hybridized carbons (Fsp3) is 0.200. The Balaban J connectivity index is 1.88. The first-order chi connectivity index (χ1) is 14.5. The van der Waals surface area contributed by atoms with E-state index in [9.17, 15) is 9.59 Å². The minimum Gasteiger partial charge on any atom is -0.492 e. The number of para-hydroxylation sites is 2. The number of carbonyl (C=O) groups is 2. The molecule has 0 aliphatic carbocycles. The topological polar surface area (TPSA) is 64.6 Å². The van der Waals surface area contributed by atoms with Crippen LogP contribution in [0.15, 0.2) is 72.8 Å². The van der Waals surface area contributed by atoms with Crippen molar-refractivity contribution in [3.63, 3.8) is 0 Å². The van der Waals surface area contributed by atoms with Crippen LogP contribution in [0.4, 0.5) is 5.69 Å². The van der Waals surface area contributed by atoms with Crippen LogP contribution in [0.25, 0.3) is 0 Å². The van der Waals surface area contributed by atoms with E-state index in [1.807, 2.05) is 45.0 Å². The number of hydrogen-bond acceptors (Lipinski definition) is 4. The number of benzene rings is 3. The SMILES string of the molecule is CCOc1ccccc1NC(=O)[C@H](OC(=O)c1ccc(C)cc1C)c1ccccc1. The van der Waals surface area contributed by atoms with Crippen LogP contribution in [0, 0.1) is 13.8 Å². The Morgan fingerprint density at radius 1 is 0.933 bits per heavy atom. The van der Waals surface area contributed by atoms with Gasteiger partial charge in [-0.2, -0.15) is 0 Å². The summed E-state index contributed by atoms with van der Waals surface area (Å²) < 4.78 is 11.3. The third kappa shape index (κ3) is 5.06. The maximum absolute atomic E-state index is 13.1. The van der Waals surface area contributed by atoms with Gasteiger partial charge in [0.15, 0.2) is 0 Å². The first-order valence-electron chi connectivity index (χ1n) is 9.85. The van der Waals surface area contributed by atoms with E-state index >= 15 is 0 Å². The summed E-state index contributed by atoms with van der Waals surface area (Å²) in [6.07, 6.45) is -1.10. The number of amides is 1. The van der Waals surface area contributed by atoms with Gasteiger partial charge in [0.2, 0.25) is 6.10 Å². The highest BCUT2D eigenvalue weighted by molar-refractivity contribution is 5.99. The smallest absolute Gasteiger partial charge is 0.339 e. The Morgan fingerprint density at radius 2 is 1.63 bits per heavy atom. The molecule has 0 saturated heterocycles. The second-order valence-electron chi connectivity index (χ2n) is 6.93. The average Bonchev–Trinajstić information content (AvgIpc) is 2.74. The van der Waals surface area contributed by atoms with E-state index in [1.54, 1.807) is 48.5 Å². The second-order valence-corrected chi connectivity index (χ2v) is 6.93. The summed E-state index contributed by atoms with van der Waals surface area (Å²) in [6.45, 7) is 6.14. The van der Waals surface area contributed by atoms with Crippen LogP contribution in [0.2, 0.25) is 0 Å². The largest absolute Gasteiger partial charge is 0.492 e. The molecule has 1 amide bonds. The lowest BCUT2D eigenvalue weighted by atomic mass is 10.1. The molecule has 0 saturated carbocycles. The number of esters is 1. The number of aryl methyl sites for hydroxylation is 2. The van der Waals surface area contributed by atoms with Crippen molar-refractivity contribution in [2.24, 2.45) is 0 Å². The van der Waals surface area contributed by atoms with Gasteiger partial charge in [-0.15, -0.1) is 0 Å². The highest BCUT2D eigenvalue weighted by Gasteiger charge is 2.27. The number of rotatable bonds is 7. The van der Waals surface area contributed by atoms with Crippen molar-refractivity contribution >= 4 is 17.6 Å². The molecule has 5 nitrogen and oxygen atoms in total. The van der Waals surface area contributed by atoms with Crippen LogP contribution in [0.1, 0.15) is 40.1 Å². The molecule has 0 fully saturated rings. The maximum atomic E-state index is 13.1. The van der Waals surface area contributed by atoms with Crippen molar-refractivity contribution < 1.29 is 19.1 Å². The molecule has 0 aromatic heterocycles. The number of carbonyl (C=O) groups excluding carboxylic acids is 2. The van der Waals surface area contributed by atoms with Gasteiger partial charge in [-0.1, -0.05) is 60.2 Å². The Kier molecular flexibility index (Phi) is 6.86. The number of hydrogen-bond donors (Lipinski definition) is 1. The average molecular weight is 403 g/mol. The van der Waals surface area contributed by atoms with Crippen LogP contribution in [-0.2, 0) is 9.53 Å². The Morgan fingerprint density at radius 3 is 2.33 bits per heavy atom. The molecule has 1 atom stereocenters. The zero-order valence-corrected chi connectivity index (χ0v) is 17.3. The normalized spacial score (nSPS) is 11.4. The van der Waals surface area contributed by atoms with Gasteiger partial charge < -0.3 is 14.8 Å². The molecule has 30 heavy (non-hydrogen) atoms. The third-order valence-electron chi connectivity index (χ3n) is 4.61. The fourth-order valence-electron chi connectivity index (χ4n) is 3.16. The maximum Gasteiger partial charge on any atom is 0.339 e. The highest BCUT2D eigenvalue weighted by Crippen LogP contribution is 2.27. The first-order valence-corrected chi connectivity index (χ1v) is 9.85. The summed E-state index contributed by atoms with van der Waals surface area (Å²) in [5.74, 6) is -0.443. The summed E-state index contributed by atoms with van der Waals surface area (Å²) in [5.41, 5.74) is 3.39. The van der Waals surface area contributed by atoms with E-state index in [1.165, 1.54) is 0 Å². The van der Waals surface area contributed by atoms with Gasteiger partial charge in [-0.3, -0.25) is 4.79 Å². The van der Waals surface area contributed by atoms with Gasteiger partial charge in [0, 0.05) is 5.56 Å². The van der Waals surface area contributed by atoms with Crippen molar-refractivity contribution in [2.45, 2.75) is 26.9 Å².